The van der Waals surface area contributed by atoms with E-state index >= 15 is 0 Å². The van der Waals surface area contributed by atoms with Gasteiger partial charge in [-0.25, -0.2) is 5.01 Å². The van der Waals surface area contributed by atoms with Crippen LogP contribution in [0.15, 0.2) is 53.0 Å². The molecule has 1 N–H and O–H groups in total. The Morgan fingerprint density at radius 2 is 1.83 bits per heavy atom. The van der Waals surface area contributed by atoms with Gasteiger partial charge in [-0.1, -0.05) is 52.3 Å². The summed E-state index contributed by atoms with van der Waals surface area (Å²) in [5, 5.41) is 2.08. The van der Waals surface area contributed by atoms with E-state index < -0.39 is 0 Å². The number of nitrogens with one attached hydrogen (secondary N) is 1. The summed E-state index contributed by atoms with van der Waals surface area (Å²) < 4.78 is 1.13. The van der Waals surface area contributed by atoms with E-state index in [-0.39, 0.29) is 0 Å². The molecule has 0 bridgehead atoms. The first kappa shape index (κ1) is 13.1. The molecule has 0 saturated carbocycles. The first-order valence-corrected chi connectivity index (χ1v) is 6.72. The van der Waals surface area contributed by atoms with Crippen LogP contribution in [0.2, 0.25) is 0 Å². The van der Waals surface area contributed by atoms with Crippen LogP contribution in [0.25, 0.3) is 0 Å². The smallest absolute Gasteiger partial charge is 0.0501 e. The van der Waals surface area contributed by atoms with Crippen molar-refractivity contribution < 1.29 is 0 Å². The second-order valence-corrected chi connectivity index (χ2v) is 5.27. The van der Waals surface area contributed by atoms with Gasteiger partial charge in [0.2, 0.25) is 0 Å². The van der Waals surface area contributed by atoms with Crippen LogP contribution in [0.3, 0.4) is 0 Å². The Morgan fingerprint density at radius 1 is 1.11 bits per heavy atom. The molecule has 0 unspecified atom stereocenters. The van der Waals surface area contributed by atoms with Crippen LogP contribution in [-0.4, -0.2) is 12.1 Å². The van der Waals surface area contributed by atoms with Crippen LogP contribution in [0.5, 0.6) is 0 Å². The molecule has 2 nitrogen and oxygen atoms in total. The zero-order valence-electron chi connectivity index (χ0n) is 10.7. The predicted octanol–water partition coefficient (Wildman–Crippen LogP) is 4.22. The molecule has 2 rings (SSSR count). The maximum absolute atomic E-state index is 3.54. The second kappa shape index (κ2) is 6.03. The highest BCUT2D eigenvalue weighted by Gasteiger charge is 2.01. The van der Waals surface area contributed by atoms with Crippen LogP contribution in [0.4, 0.5) is 5.69 Å². The van der Waals surface area contributed by atoms with E-state index in [0.29, 0.717) is 0 Å². The third-order valence-electron chi connectivity index (χ3n) is 2.75. The maximum Gasteiger partial charge on any atom is 0.0501 e. The molecule has 0 aliphatic heterocycles. The van der Waals surface area contributed by atoms with Gasteiger partial charge in [-0.15, -0.1) is 0 Å². The topological polar surface area (TPSA) is 15.3 Å². The first-order chi connectivity index (χ1) is 8.65. The SMILES string of the molecule is Cc1ccc(NN(C)Cc2ccccc2)cc1Br. The molecule has 3 heteroatoms. The zero-order valence-corrected chi connectivity index (χ0v) is 12.2. The second-order valence-electron chi connectivity index (χ2n) is 4.42. The molecular formula is C15H17BrN2. The lowest BCUT2D eigenvalue weighted by Gasteiger charge is -2.19. The molecule has 0 radical (unpaired) electrons. The Bertz CT molecular complexity index is 511. The lowest BCUT2D eigenvalue weighted by molar-refractivity contribution is 0.395. The van der Waals surface area contributed by atoms with Crippen LogP contribution in [0.1, 0.15) is 11.1 Å². The van der Waals surface area contributed by atoms with Crippen molar-refractivity contribution in [1.29, 1.82) is 0 Å². The molecule has 0 amide bonds. The summed E-state index contributed by atoms with van der Waals surface area (Å²) in [4.78, 5) is 0. The molecular weight excluding hydrogens is 288 g/mol. The van der Waals surface area contributed by atoms with Gasteiger partial charge in [0.15, 0.2) is 0 Å². The summed E-state index contributed by atoms with van der Waals surface area (Å²) in [6.45, 7) is 2.95. The van der Waals surface area contributed by atoms with Gasteiger partial charge in [0.05, 0.1) is 5.69 Å². The minimum atomic E-state index is 0.867. The Kier molecular flexibility index (Phi) is 4.39. The highest BCUT2D eigenvalue weighted by molar-refractivity contribution is 9.10. The van der Waals surface area contributed by atoms with E-state index in [1.54, 1.807) is 0 Å². The molecule has 0 aliphatic carbocycles. The predicted molar refractivity (Wildman–Crippen MR) is 80.4 cm³/mol. The van der Waals surface area contributed by atoms with Crippen molar-refractivity contribution in [1.82, 2.24) is 5.01 Å². The van der Waals surface area contributed by atoms with Gasteiger partial charge in [0, 0.05) is 18.1 Å². The standard InChI is InChI=1S/C15H17BrN2/c1-12-8-9-14(10-15(12)16)17-18(2)11-13-6-4-3-5-7-13/h3-10,17H,11H2,1-2H3. The van der Waals surface area contributed by atoms with Crippen LogP contribution >= 0.6 is 15.9 Å². The third kappa shape index (κ3) is 3.59. The van der Waals surface area contributed by atoms with Gasteiger partial charge >= 0.3 is 0 Å². The fourth-order valence-electron chi connectivity index (χ4n) is 1.78. The normalized spacial score (nSPS) is 10.7. The molecule has 18 heavy (non-hydrogen) atoms. The molecule has 0 spiro atoms. The number of rotatable bonds is 4. The van der Waals surface area contributed by atoms with E-state index in [2.05, 4.69) is 75.8 Å². The minimum absolute atomic E-state index is 0.867. The summed E-state index contributed by atoms with van der Waals surface area (Å²) in [7, 11) is 2.04. The molecule has 0 fully saturated rings. The Hall–Kier alpha value is -1.32. The van der Waals surface area contributed by atoms with Crippen molar-refractivity contribution in [3.8, 4) is 0 Å². The highest BCUT2D eigenvalue weighted by Crippen LogP contribution is 2.21. The Morgan fingerprint density at radius 3 is 2.50 bits per heavy atom. The number of aryl methyl sites for hydroxylation is 1. The average Bonchev–Trinajstić information content (AvgIpc) is 2.35. The minimum Gasteiger partial charge on any atom is -0.319 e. The van der Waals surface area contributed by atoms with E-state index in [1.807, 2.05) is 13.1 Å². The van der Waals surface area contributed by atoms with Crippen molar-refractivity contribution in [2.75, 3.05) is 12.5 Å². The van der Waals surface area contributed by atoms with Crippen molar-refractivity contribution >= 4 is 21.6 Å². The number of anilines is 1. The zero-order chi connectivity index (χ0) is 13.0. The Balaban J connectivity index is 1.99. The van der Waals surface area contributed by atoms with Gasteiger partial charge in [0.1, 0.15) is 0 Å². The Labute approximate surface area is 117 Å². The molecule has 0 aromatic heterocycles. The van der Waals surface area contributed by atoms with Gasteiger partial charge in [-0.3, -0.25) is 0 Å². The average molecular weight is 305 g/mol. The quantitative estimate of drug-likeness (QED) is 0.851. The van der Waals surface area contributed by atoms with E-state index in [9.17, 15) is 0 Å². The van der Waals surface area contributed by atoms with Crippen LogP contribution < -0.4 is 5.43 Å². The monoisotopic (exact) mass is 304 g/mol. The molecule has 2 aromatic rings. The fourth-order valence-corrected chi connectivity index (χ4v) is 2.16. The van der Waals surface area contributed by atoms with E-state index in [1.165, 1.54) is 11.1 Å². The summed E-state index contributed by atoms with van der Waals surface area (Å²) in [5.41, 5.74) is 6.98. The van der Waals surface area contributed by atoms with Gasteiger partial charge in [0.25, 0.3) is 0 Å². The van der Waals surface area contributed by atoms with Crippen molar-refractivity contribution in [2.24, 2.45) is 0 Å². The number of hydrazine groups is 1. The molecule has 94 valence electrons. The van der Waals surface area contributed by atoms with Gasteiger partial charge in [-0.2, -0.15) is 0 Å². The molecule has 0 aliphatic rings. The number of hydrogen-bond donors (Lipinski definition) is 1. The summed E-state index contributed by atoms with van der Waals surface area (Å²) in [6.07, 6.45) is 0. The first-order valence-electron chi connectivity index (χ1n) is 5.93. The van der Waals surface area contributed by atoms with Crippen molar-refractivity contribution in [3.05, 3.63) is 64.1 Å². The number of hydrogen-bond acceptors (Lipinski definition) is 2. The van der Waals surface area contributed by atoms with Gasteiger partial charge < -0.3 is 5.43 Å². The highest BCUT2D eigenvalue weighted by atomic mass is 79.9. The van der Waals surface area contributed by atoms with Gasteiger partial charge in [-0.05, 0) is 30.2 Å². The van der Waals surface area contributed by atoms with E-state index in [4.69, 9.17) is 0 Å². The molecule has 0 atom stereocenters. The summed E-state index contributed by atoms with van der Waals surface area (Å²) in [6, 6.07) is 16.7. The van der Waals surface area contributed by atoms with Crippen LogP contribution in [-0.2, 0) is 6.54 Å². The molecule has 0 heterocycles. The largest absolute Gasteiger partial charge is 0.319 e. The number of benzene rings is 2. The molecule has 0 saturated heterocycles. The van der Waals surface area contributed by atoms with E-state index in [0.717, 1.165) is 16.7 Å². The van der Waals surface area contributed by atoms with Crippen LogP contribution in [0, 0.1) is 6.92 Å². The summed E-state index contributed by atoms with van der Waals surface area (Å²) in [5.74, 6) is 0. The lowest BCUT2D eigenvalue weighted by atomic mass is 10.2. The lowest BCUT2D eigenvalue weighted by Crippen LogP contribution is -2.24. The summed E-state index contributed by atoms with van der Waals surface area (Å²) >= 11 is 3.54. The number of nitrogens with zero attached hydrogens (tertiary/aromatic N) is 1. The number of halogens is 1. The van der Waals surface area contributed by atoms with Crippen molar-refractivity contribution in [2.45, 2.75) is 13.5 Å². The maximum atomic E-state index is 3.54. The fraction of sp³-hybridized carbons (Fsp3) is 0.200. The third-order valence-corrected chi connectivity index (χ3v) is 3.61. The molecule has 2 aromatic carbocycles. The van der Waals surface area contributed by atoms with Crippen molar-refractivity contribution in [3.63, 3.8) is 0 Å².